The number of anilines is 1. The molecule has 0 bridgehead atoms. The monoisotopic (exact) mass is 395 g/mol. The first-order valence-corrected chi connectivity index (χ1v) is 8.97. The van der Waals surface area contributed by atoms with E-state index >= 15 is 0 Å². The minimum absolute atomic E-state index is 0.677. The largest absolute Gasteiger partial charge is 0.490 e. The lowest BCUT2D eigenvalue weighted by Gasteiger charge is -2.13. The highest BCUT2D eigenvalue weighted by Gasteiger charge is 2.11. The van der Waals surface area contributed by atoms with Gasteiger partial charge in [-0.2, -0.15) is 0 Å². The smallest absolute Gasteiger partial charge is 0.195 e. The second-order valence-electron chi connectivity index (χ2n) is 4.97. The molecule has 0 radical (unpaired) electrons. The first kappa shape index (κ1) is 16.1. The third kappa shape index (κ3) is 4.39. The molecule has 2 aromatic rings. The van der Waals surface area contributed by atoms with Crippen molar-refractivity contribution in [2.75, 3.05) is 25.6 Å². The Morgan fingerprint density at radius 2 is 2.04 bits per heavy atom. The molecule has 0 aliphatic carbocycles. The molecule has 0 saturated carbocycles. The van der Waals surface area contributed by atoms with Gasteiger partial charge in [0.2, 0.25) is 0 Å². The predicted molar refractivity (Wildman–Crippen MR) is 97.9 cm³/mol. The zero-order valence-electron chi connectivity index (χ0n) is 12.8. The standard InChI is InChI=1S/C16H18BrN3O2S/c1-18-16(19-10-12-4-6-15(17)23-12)20-11-3-5-13-14(9-11)22-8-2-7-21-13/h3-6,9H,2,7-8,10H2,1H3,(H2,18,19,20). The number of thiophene rings is 1. The molecule has 5 nitrogen and oxygen atoms in total. The highest BCUT2D eigenvalue weighted by molar-refractivity contribution is 9.11. The molecule has 0 amide bonds. The van der Waals surface area contributed by atoms with Crippen molar-refractivity contribution in [3.63, 3.8) is 0 Å². The minimum atomic E-state index is 0.677. The average molecular weight is 396 g/mol. The lowest BCUT2D eigenvalue weighted by Crippen LogP contribution is -2.29. The molecular formula is C16H18BrN3O2S. The summed E-state index contributed by atoms with van der Waals surface area (Å²) in [7, 11) is 1.75. The number of halogens is 1. The predicted octanol–water partition coefficient (Wildman–Crippen LogP) is 3.86. The number of fused-ring (bicyclic) bond motifs is 1. The number of hydrogen-bond donors (Lipinski definition) is 2. The van der Waals surface area contributed by atoms with Crippen LogP contribution in [-0.4, -0.2) is 26.2 Å². The summed E-state index contributed by atoms with van der Waals surface area (Å²) < 4.78 is 12.5. The van der Waals surface area contributed by atoms with E-state index in [9.17, 15) is 0 Å². The van der Waals surface area contributed by atoms with Crippen LogP contribution in [0.5, 0.6) is 11.5 Å². The van der Waals surface area contributed by atoms with Crippen LogP contribution in [0.2, 0.25) is 0 Å². The molecule has 1 aromatic carbocycles. The van der Waals surface area contributed by atoms with Gasteiger partial charge in [0.25, 0.3) is 0 Å². The van der Waals surface area contributed by atoms with E-state index in [1.54, 1.807) is 18.4 Å². The fourth-order valence-electron chi connectivity index (χ4n) is 2.17. The first-order chi connectivity index (χ1) is 11.2. The third-order valence-corrected chi connectivity index (χ3v) is 4.92. The molecule has 2 heterocycles. The van der Waals surface area contributed by atoms with Gasteiger partial charge in [-0.25, -0.2) is 0 Å². The lowest BCUT2D eigenvalue weighted by molar-refractivity contribution is 0.297. The van der Waals surface area contributed by atoms with Gasteiger partial charge in [0, 0.05) is 30.1 Å². The summed E-state index contributed by atoms with van der Waals surface area (Å²) in [5.74, 6) is 2.27. The maximum absolute atomic E-state index is 5.71. The van der Waals surface area contributed by atoms with Crippen LogP contribution in [0.1, 0.15) is 11.3 Å². The zero-order chi connectivity index (χ0) is 16.1. The third-order valence-electron chi connectivity index (χ3n) is 3.29. The van der Waals surface area contributed by atoms with Gasteiger partial charge in [0.1, 0.15) is 0 Å². The van der Waals surface area contributed by atoms with E-state index in [1.807, 2.05) is 24.3 Å². The number of nitrogens with one attached hydrogen (secondary N) is 2. The quantitative estimate of drug-likeness (QED) is 0.611. The summed E-state index contributed by atoms with van der Waals surface area (Å²) >= 11 is 5.17. The van der Waals surface area contributed by atoms with E-state index in [0.29, 0.717) is 19.2 Å². The Balaban J connectivity index is 1.63. The van der Waals surface area contributed by atoms with Gasteiger partial charge in [-0.05, 0) is 40.2 Å². The molecule has 0 saturated heterocycles. The maximum atomic E-state index is 5.71. The number of aliphatic imine (C=N–C) groups is 1. The normalized spacial score (nSPS) is 14.3. The van der Waals surface area contributed by atoms with Gasteiger partial charge in [0.05, 0.1) is 23.5 Å². The fourth-order valence-corrected chi connectivity index (χ4v) is 3.60. The number of benzene rings is 1. The summed E-state index contributed by atoms with van der Waals surface area (Å²) in [6, 6.07) is 9.95. The van der Waals surface area contributed by atoms with Crippen molar-refractivity contribution in [2.24, 2.45) is 4.99 Å². The average Bonchev–Trinajstić information content (AvgIpc) is 2.83. The van der Waals surface area contributed by atoms with Gasteiger partial charge in [0.15, 0.2) is 17.5 Å². The van der Waals surface area contributed by atoms with Crippen LogP contribution in [0, 0.1) is 0 Å². The molecule has 0 spiro atoms. The molecule has 7 heteroatoms. The molecule has 1 aliphatic rings. The van der Waals surface area contributed by atoms with E-state index in [-0.39, 0.29) is 0 Å². The summed E-state index contributed by atoms with van der Waals surface area (Å²) in [5.41, 5.74) is 0.912. The van der Waals surface area contributed by atoms with Crippen LogP contribution in [0.25, 0.3) is 0 Å². The Kier molecular flexibility index (Phi) is 5.40. The summed E-state index contributed by atoms with van der Waals surface area (Å²) in [6.07, 6.45) is 0.900. The van der Waals surface area contributed by atoms with Crippen molar-refractivity contribution in [1.82, 2.24) is 5.32 Å². The van der Waals surface area contributed by atoms with Crippen molar-refractivity contribution in [2.45, 2.75) is 13.0 Å². The summed E-state index contributed by atoms with van der Waals surface area (Å²) in [5, 5.41) is 6.57. The molecule has 122 valence electrons. The number of guanidine groups is 1. The molecule has 0 fully saturated rings. The number of hydrogen-bond acceptors (Lipinski definition) is 4. The van der Waals surface area contributed by atoms with Crippen LogP contribution in [-0.2, 0) is 6.54 Å². The molecule has 1 aliphatic heterocycles. The topological polar surface area (TPSA) is 54.9 Å². The number of rotatable bonds is 3. The number of nitrogens with zero attached hydrogens (tertiary/aromatic N) is 1. The van der Waals surface area contributed by atoms with Crippen molar-refractivity contribution in [3.05, 3.63) is 39.0 Å². The zero-order valence-corrected chi connectivity index (χ0v) is 15.2. The number of ether oxygens (including phenoxy) is 2. The molecule has 1 aromatic heterocycles. The van der Waals surface area contributed by atoms with Gasteiger partial charge in [-0.15, -0.1) is 11.3 Å². The van der Waals surface area contributed by atoms with E-state index in [4.69, 9.17) is 9.47 Å². The van der Waals surface area contributed by atoms with Crippen LogP contribution >= 0.6 is 27.3 Å². The van der Waals surface area contributed by atoms with Gasteiger partial charge in [-0.3, -0.25) is 4.99 Å². The Hall–Kier alpha value is -1.73. The van der Waals surface area contributed by atoms with Gasteiger partial charge < -0.3 is 20.1 Å². The van der Waals surface area contributed by atoms with Crippen LogP contribution in [0.4, 0.5) is 5.69 Å². The summed E-state index contributed by atoms with van der Waals surface area (Å²) in [6.45, 7) is 2.09. The molecule has 23 heavy (non-hydrogen) atoms. The Morgan fingerprint density at radius 1 is 1.22 bits per heavy atom. The molecule has 2 N–H and O–H groups in total. The Bertz CT molecular complexity index is 702. The molecule has 0 unspecified atom stereocenters. The second kappa shape index (κ2) is 7.70. The van der Waals surface area contributed by atoms with Gasteiger partial charge >= 0.3 is 0 Å². The van der Waals surface area contributed by atoms with Crippen molar-refractivity contribution >= 4 is 38.9 Å². The molecule has 0 atom stereocenters. The van der Waals surface area contributed by atoms with Crippen molar-refractivity contribution in [1.29, 1.82) is 0 Å². The second-order valence-corrected chi connectivity index (χ2v) is 7.52. The molecule has 3 rings (SSSR count). The maximum Gasteiger partial charge on any atom is 0.195 e. The Labute approximate surface area is 147 Å². The summed E-state index contributed by atoms with van der Waals surface area (Å²) in [4.78, 5) is 5.49. The fraction of sp³-hybridized carbons (Fsp3) is 0.312. The van der Waals surface area contributed by atoms with Gasteiger partial charge in [-0.1, -0.05) is 0 Å². The van der Waals surface area contributed by atoms with E-state index in [1.165, 1.54) is 4.88 Å². The Morgan fingerprint density at radius 3 is 2.78 bits per heavy atom. The first-order valence-electron chi connectivity index (χ1n) is 7.36. The highest BCUT2D eigenvalue weighted by atomic mass is 79.9. The van der Waals surface area contributed by atoms with Crippen LogP contribution in [0.15, 0.2) is 39.1 Å². The van der Waals surface area contributed by atoms with E-state index in [2.05, 4.69) is 37.6 Å². The van der Waals surface area contributed by atoms with Crippen LogP contribution < -0.4 is 20.1 Å². The molecular weight excluding hydrogens is 378 g/mol. The lowest BCUT2D eigenvalue weighted by atomic mass is 10.3. The van der Waals surface area contributed by atoms with Crippen molar-refractivity contribution < 1.29 is 9.47 Å². The van der Waals surface area contributed by atoms with E-state index in [0.717, 1.165) is 33.9 Å². The highest BCUT2D eigenvalue weighted by Crippen LogP contribution is 2.32. The SMILES string of the molecule is CN=C(NCc1ccc(Br)s1)Nc1ccc2c(c1)OCCCO2. The minimum Gasteiger partial charge on any atom is -0.490 e. The van der Waals surface area contributed by atoms with Crippen molar-refractivity contribution in [3.8, 4) is 11.5 Å². The van der Waals surface area contributed by atoms with E-state index < -0.39 is 0 Å². The van der Waals surface area contributed by atoms with Crippen LogP contribution in [0.3, 0.4) is 0 Å².